The fourth-order valence-corrected chi connectivity index (χ4v) is 0.463. The van der Waals surface area contributed by atoms with Gasteiger partial charge in [-0.05, 0) is 6.42 Å². The molecule has 0 unspecified atom stereocenters. The summed E-state index contributed by atoms with van der Waals surface area (Å²) in [5.74, 6) is -1.54. The van der Waals surface area contributed by atoms with Gasteiger partial charge in [0.2, 0.25) is 0 Å². The average Bonchev–Trinajstić information content (AvgIpc) is 1.89. The summed E-state index contributed by atoms with van der Waals surface area (Å²) >= 11 is 0. The Bertz CT molecular complexity index is 128. The van der Waals surface area contributed by atoms with Gasteiger partial charge in [0.1, 0.15) is 6.40 Å². The standard InChI is InChI=1S/C5H9BNO3/c1-2-4(5(8)9)6-10-3-7/h3-4,7H,2H2,1H3,(H,8,9)/t4-/m0/s1. The molecule has 0 saturated carbocycles. The largest absolute Gasteiger partial charge is 0.555 e. The molecule has 0 heterocycles. The van der Waals surface area contributed by atoms with Crippen molar-refractivity contribution in [2.24, 2.45) is 0 Å². The van der Waals surface area contributed by atoms with Gasteiger partial charge in [-0.25, -0.2) is 0 Å². The molecule has 0 rings (SSSR count). The molecule has 55 valence electrons. The zero-order chi connectivity index (χ0) is 7.98. The van der Waals surface area contributed by atoms with Gasteiger partial charge >= 0.3 is 13.5 Å². The highest BCUT2D eigenvalue weighted by Crippen LogP contribution is 2.07. The maximum Gasteiger partial charge on any atom is 0.386 e. The van der Waals surface area contributed by atoms with Gasteiger partial charge in [0.25, 0.3) is 0 Å². The van der Waals surface area contributed by atoms with E-state index in [9.17, 15) is 4.79 Å². The third-order valence-corrected chi connectivity index (χ3v) is 1.07. The third kappa shape index (κ3) is 3.12. The number of aliphatic carboxylic acids is 1. The van der Waals surface area contributed by atoms with Crippen molar-refractivity contribution in [1.82, 2.24) is 0 Å². The van der Waals surface area contributed by atoms with Crippen molar-refractivity contribution < 1.29 is 14.6 Å². The van der Waals surface area contributed by atoms with E-state index in [1.807, 2.05) is 0 Å². The SMILES string of the molecule is CC[C@H]([B]OC=N)C(=O)O. The second-order valence-electron chi connectivity index (χ2n) is 1.74. The van der Waals surface area contributed by atoms with Crippen LogP contribution in [-0.2, 0) is 9.45 Å². The van der Waals surface area contributed by atoms with Crippen LogP contribution in [0.4, 0.5) is 0 Å². The van der Waals surface area contributed by atoms with Crippen LogP contribution in [0, 0.1) is 5.41 Å². The van der Waals surface area contributed by atoms with Crippen LogP contribution in [0.15, 0.2) is 0 Å². The summed E-state index contributed by atoms with van der Waals surface area (Å²) in [6, 6.07) is 0. The van der Waals surface area contributed by atoms with E-state index in [0.717, 1.165) is 7.48 Å². The molecule has 0 aliphatic heterocycles. The van der Waals surface area contributed by atoms with Crippen LogP contribution < -0.4 is 0 Å². The van der Waals surface area contributed by atoms with E-state index in [1.54, 1.807) is 6.92 Å². The predicted octanol–water partition coefficient (Wildman–Crippen LogP) is 0.512. The molecule has 0 aromatic rings. The molecular weight excluding hydrogens is 133 g/mol. The summed E-state index contributed by atoms with van der Waals surface area (Å²) in [6.45, 7) is 1.74. The number of carboxylic acid groups (broad SMARTS) is 1. The van der Waals surface area contributed by atoms with Gasteiger partial charge in [-0.3, -0.25) is 10.2 Å². The number of carboxylic acids is 1. The minimum atomic E-state index is -0.927. The van der Waals surface area contributed by atoms with Gasteiger partial charge in [0.15, 0.2) is 0 Å². The molecule has 4 nitrogen and oxygen atoms in total. The van der Waals surface area contributed by atoms with Gasteiger partial charge < -0.3 is 9.76 Å². The normalized spacial score (nSPS) is 11.7. The fraction of sp³-hybridized carbons (Fsp3) is 0.600. The van der Waals surface area contributed by atoms with Gasteiger partial charge in [-0.1, -0.05) is 6.92 Å². The van der Waals surface area contributed by atoms with Crippen molar-refractivity contribution in [3.05, 3.63) is 0 Å². The number of rotatable bonds is 5. The van der Waals surface area contributed by atoms with E-state index >= 15 is 0 Å². The first kappa shape index (κ1) is 9.00. The Morgan fingerprint density at radius 2 is 2.60 bits per heavy atom. The Morgan fingerprint density at radius 3 is 2.90 bits per heavy atom. The van der Waals surface area contributed by atoms with Crippen LogP contribution in [0.3, 0.4) is 0 Å². The first-order valence-electron chi connectivity index (χ1n) is 2.93. The molecule has 0 spiro atoms. The van der Waals surface area contributed by atoms with E-state index in [0.29, 0.717) is 12.8 Å². The lowest BCUT2D eigenvalue weighted by atomic mass is 9.78. The third-order valence-electron chi connectivity index (χ3n) is 1.07. The highest BCUT2D eigenvalue weighted by Gasteiger charge is 2.17. The molecule has 0 bridgehead atoms. The summed E-state index contributed by atoms with van der Waals surface area (Å²) < 4.78 is 4.38. The Morgan fingerprint density at radius 1 is 2.00 bits per heavy atom. The topological polar surface area (TPSA) is 70.4 Å². The van der Waals surface area contributed by atoms with Crippen molar-refractivity contribution in [3.8, 4) is 0 Å². The zero-order valence-electron chi connectivity index (χ0n) is 5.70. The number of hydrogen-bond donors (Lipinski definition) is 2. The maximum absolute atomic E-state index is 10.3. The molecular formula is C5H9BNO3. The smallest absolute Gasteiger partial charge is 0.386 e. The number of carbonyl (C=O) groups is 1. The minimum Gasteiger partial charge on any atom is -0.555 e. The molecule has 0 fully saturated rings. The van der Waals surface area contributed by atoms with Crippen LogP contribution in [0.25, 0.3) is 0 Å². The highest BCUT2D eigenvalue weighted by molar-refractivity contribution is 6.38. The minimum absolute atomic E-state index is 0.475. The second kappa shape index (κ2) is 4.84. The lowest BCUT2D eigenvalue weighted by Crippen LogP contribution is -2.15. The van der Waals surface area contributed by atoms with Crippen molar-refractivity contribution in [2.45, 2.75) is 19.2 Å². The van der Waals surface area contributed by atoms with E-state index in [1.165, 1.54) is 0 Å². The molecule has 0 amide bonds. The van der Waals surface area contributed by atoms with E-state index in [4.69, 9.17) is 10.5 Å². The molecule has 1 radical (unpaired) electrons. The number of nitrogens with one attached hydrogen (secondary N) is 1. The quantitative estimate of drug-likeness (QED) is 0.333. The summed E-state index contributed by atoms with van der Waals surface area (Å²) in [7, 11) is 1.13. The van der Waals surface area contributed by atoms with Gasteiger partial charge in [-0.15, -0.1) is 0 Å². The molecule has 2 N–H and O–H groups in total. The summed E-state index contributed by atoms with van der Waals surface area (Å²) in [5, 5.41) is 14.9. The molecule has 5 heteroatoms. The van der Waals surface area contributed by atoms with Gasteiger partial charge in [0, 0.05) is 0 Å². The monoisotopic (exact) mass is 142 g/mol. The van der Waals surface area contributed by atoms with Crippen molar-refractivity contribution in [1.29, 1.82) is 5.41 Å². The Hall–Kier alpha value is -0.995. The molecule has 0 saturated heterocycles. The molecule has 0 aromatic heterocycles. The fourth-order valence-electron chi connectivity index (χ4n) is 0.463. The Kier molecular flexibility index (Phi) is 4.36. The maximum atomic E-state index is 10.3. The first-order valence-corrected chi connectivity index (χ1v) is 2.93. The lowest BCUT2D eigenvalue weighted by Gasteiger charge is -2.04. The van der Waals surface area contributed by atoms with Gasteiger partial charge in [0.05, 0.1) is 5.82 Å². The molecule has 0 aliphatic carbocycles. The van der Waals surface area contributed by atoms with E-state index in [-0.39, 0.29) is 0 Å². The van der Waals surface area contributed by atoms with Crippen molar-refractivity contribution in [2.75, 3.05) is 0 Å². The van der Waals surface area contributed by atoms with E-state index < -0.39 is 11.8 Å². The molecule has 10 heavy (non-hydrogen) atoms. The Balaban J connectivity index is 3.60. The zero-order valence-corrected chi connectivity index (χ0v) is 5.70. The summed E-state index contributed by atoms with van der Waals surface area (Å²) in [5.41, 5.74) is 0. The highest BCUT2D eigenvalue weighted by atomic mass is 16.4. The average molecular weight is 142 g/mol. The van der Waals surface area contributed by atoms with Gasteiger partial charge in [-0.2, -0.15) is 0 Å². The summed E-state index contributed by atoms with van der Waals surface area (Å²) in [6.07, 6.45) is 1.18. The molecule has 1 atom stereocenters. The van der Waals surface area contributed by atoms with Crippen LogP contribution in [0.5, 0.6) is 0 Å². The molecule has 0 aromatic carbocycles. The predicted molar refractivity (Wildman–Crippen MR) is 37.3 cm³/mol. The van der Waals surface area contributed by atoms with Crippen LogP contribution >= 0.6 is 0 Å². The lowest BCUT2D eigenvalue weighted by molar-refractivity contribution is -0.137. The van der Waals surface area contributed by atoms with Crippen LogP contribution in [0.2, 0.25) is 5.82 Å². The Labute approximate surface area is 60.0 Å². The van der Waals surface area contributed by atoms with Crippen LogP contribution in [0.1, 0.15) is 13.3 Å². The first-order chi connectivity index (χ1) is 4.72. The second-order valence-corrected chi connectivity index (χ2v) is 1.74. The number of hydrogen-bond acceptors (Lipinski definition) is 3. The van der Waals surface area contributed by atoms with Crippen molar-refractivity contribution >= 4 is 19.9 Å². The summed E-state index contributed by atoms with van der Waals surface area (Å²) in [4.78, 5) is 10.3. The molecule has 0 aliphatic rings. The van der Waals surface area contributed by atoms with Crippen molar-refractivity contribution in [3.63, 3.8) is 0 Å². The van der Waals surface area contributed by atoms with Crippen LogP contribution in [-0.4, -0.2) is 25.0 Å². The van der Waals surface area contributed by atoms with E-state index in [2.05, 4.69) is 4.65 Å².